The van der Waals surface area contributed by atoms with E-state index in [9.17, 15) is 4.79 Å². The smallest absolute Gasteiger partial charge is 0.166 e. The first-order chi connectivity index (χ1) is 9.79. The van der Waals surface area contributed by atoms with Gasteiger partial charge >= 0.3 is 0 Å². The average Bonchev–Trinajstić information content (AvgIpc) is 2.49. The largest absolute Gasteiger partial charge is 0.369 e. The number of carbonyl (C=O) groups is 1. The molecular weight excluding hydrogens is 252 g/mol. The SMILES string of the molecule is COC(c1ccccc1)c1ncc2c(n1)CCCC2=O. The fourth-order valence-electron chi connectivity index (χ4n) is 2.55. The van der Waals surface area contributed by atoms with Gasteiger partial charge in [0.25, 0.3) is 0 Å². The van der Waals surface area contributed by atoms with Crippen molar-refractivity contribution in [2.24, 2.45) is 0 Å². The van der Waals surface area contributed by atoms with Crippen molar-refractivity contribution in [2.75, 3.05) is 7.11 Å². The van der Waals surface area contributed by atoms with Crippen molar-refractivity contribution in [2.45, 2.75) is 25.4 Å². The van der Waals surface area contributed by atoms with E-state index in [1.165, 1.54) is 0 Å². The summed E-state index contributed by atoms with van der Waals surface area (Å²) in [5.74, 6) is 0.763. The lowest BCUT2D eigenvalue weighted by Gasteiger charge is -2.18. The molecule has 0 saturated heterocycles. The fourth-order valence-corrected chi connectivity index (χ4v) is 2.55. The molecule has 1 atom stereocenters. The summed E-state index contributed by atoms with van der Waals surface area (Å²) < 4.78 is 5.53. The van der Waals surface area contributed by atoms with Crippen molar-refractivity contribution in [3.8, 4) is 0 Å². The van der Waals surface area contributed by atoms with E-state index in [0.717, 1.165) is 24.1 Å². The number of ketones is 1. The van der Waals surface area contributed by atoms with Crippen molar-refractivity contribution in [3.63, 3.8) is 0 Å². The maximum Gasteiger partial charge on any atom is 0.166 e. The first-order valence-electron chi connectivity index (χ1n) is 6.76. The number of methoxy groups -OCH3 is 1. The van der Waals surface area contributed by atoms with Crippen molar-refractivity contribution < 1.29 is 9.53 Å². The first kappa shape index (κ1) is 12.9. The number of fused-ring (bicyclic) bond motifs is 1. The van der Waals surface area contributed by atoms with Crippen LogP contribution >= 0.6 is 0 Å². The minimum Gasteiger partial charge on any atom is -0.369 e. The van der Waals surface area contributed by atoms with E-state index in [2.05, 4.69) is 9.97 Å². The molecule has 1 aromatic heterocycles. The molecule has 0 aliphatic heterocycles. The monoisotopic (exact) mass is 268 g/mol. The summed E-state index contributed by atoms with van der Waals surface area (Å²) in [6.07, 6.45) is 3.65. The third-order valence-corrected chi connectivity index (χ3v) is 3.58. The number of rotatable bonds is 3. The standard InChI is InChI=1S/C16H16N2O2/c1-20-15(11-6-3-2-4-7-11)16-17-10-12-13(18-16)8-5-9-14(12)19/h2-4,6-7,10,15H,5,8-9H2,1H3. The van der Waals surface area contributed by atoms with Gasteiger partial charge in [0.15, 0.2) is 11.6 Å². The highest BCUT2D eigenvalue weighted by Gasteiger charge is 2.22. The lowest BCUT2D eigenvalue weighted by molar-refractivity contribution is 0.0969. The lowest BCUT2D eigenvalue weighted by Crippen LogP contribution is -2.17. The lowest BCUT2D eigenvalue weighted by atomic mass is 9.96. The Hall–Kier alpha value is -2.07. The molecule has 0 spiro atoms. The van der Waals surface area contributed by atoms with Gasteiger partial charge in [-0.2, -0.15) is 0 Å². The Morgan fingerprint density at radius 1 is 1.20 bits per heavy atom. The van der Waals surface area contributed by atoms with E-state index in [0.29, 0.717) is 17.8 Å². The Balaban J connectivity index is 1.99. The minimum absolute atomic E-state index is 0.145. The third kappa shape index (κ3) is 2.34. The van der Waals surface area contributed by atoms with Crippen molar-refractivity contribution in [1.82, 2.24) is 9.97 Å². The van der Waals surface area contributed by atoms with E-state index >= 15 is 0 Å². The quantitative estimate of drug-likeness (QED) is 0.859. The number of hydrogen-bond acceptors (Lipinski definition) is 4. The van der Waals surface area contributed by atoms with Crippen LogP contribution < -0.4 is 0 Å². The molecule has 0 radical (unpaired) electrons. The van der Waals surface area contributed by atoms with Gasteiger partial charge in [0, 0.05) is 19.7 Å². The topological polar surface area (TPSA) is 52.1 Å². The summed E-state index contributed by atoms with van der Waals surface area (Å²) in [5, 5.41) is 0. The molecule has 0 amide bonds. The number of hydrogen-bond donors (Lipinski definition) is 0. The normalized spacial score (nSPS) is 15.8. The summed E-state index contributed by atoms with van der Waals surface area (Å²) in [5.41, 5.74) is 2.53. The molecule has 3 rings (SSSR count). The second-order valence-electron chi connectivity index (χ2n) is 4.89. The highest BCUT2D eigenvalue weighted by Crippen LogP contribution is 2.25. The predicted molar refractivity (Wildman–Crippen MR) is 74.6 cm³/mol. The van der Waals surface area contributed by atoms with Gasteiger partial charge in [-0.3, -0.25) is 4.79 Å². The molecule has 1 aromatic carbocycles. The van der Waals surface area contributed by atoms with Gasteiger partial charge in [-0.25, -0.2) is 9.97 Å². The Morgan fingerprint density at radius 2 is 2.00 bits per heavy atom. The van der Waals surface area contributed by atoms with Gasteiger partial charge in [-0.1, -0.05) is 30.3 Å². The van der Waals surface area contributed by atoms with Crippen LogP contribution in [0.25, 0.3) is 0 Å². The number of nitrogens with zero attached hydrogens (tertiary/aromatic N) is 2. The molecular formula is C16H16N2O2. The fraction of sp³-hybridized carbons (Fsp3) is 0.312. The van der Waals surface area contributed by atoms with Crippen LogP contribution in [0.2, 0.25) is 0 Å². The highest BCUT2D eigenvalue weighted by molar-refractivity contribution is 5.97. The van der Waals surface area contributed by atoms with Crippen LogP contribution in [0.1, 0.15) is 46.4 Å². The van der Waals surface area contributed by atoms with Gasteiger partial charge in [0.2, 0.25) is 0 Å². The Bertz CT molecular complexity index is 626. The number of carbonyl (C=O) groups excluding carboxylic acids is 1. The maximum atomic E-state index is 11.8. The third-order valence-electron chi connectivity index (χ3n) is 3.58. The zero-order chi connectivity index (χ0) is 13.9. The van der Waals surface area contributed by atoms with Gasteiger partial charge in [0.05, 0.1) is 11.3 Å². The number of aromatic nitrogens is 2. The molecule has 2 aromatic rings. The van der Waals surface area contributed by atoms with Crippen LogP contribution in [0.3, 0.4) is 0 Å². The Morgan fingerprint density at radius 3 is 2.75 bits per heavy atom. The Labute approximate surface area is 117 Å². The van der Waals surface area contributed by atoms with E-state index in [-0.39, 0.29) is 11.9 Å². The summed E-state index contributed by atoms with van der Waals surface area (Å²) in [4.78, 5) is 20.7. The van der Waals surface area contributed by atoms with E-state index < -0.39 is 0 Å². The van der Waals surface area contributed by atoms with E-state index in [1.54, 1.807) is 13.3 Å². The predicted octanol–water partition coefficient (Wildman–Crippen LogP) is 2.73. The summed E-state index contributed by atoms with van der Waals surface area (Å²) in [7, 11) is 1.64. The van der Waals surface area contributed by atoms with Crippen LogP contribution in [0.4, 0.5) is 0 Å². The molecule has 1 aliphatic carbocycles. The summed E-state index contributed by atoms with van der Waals surface area (Å²) in [6, 6.07) is 9.86. The zero-order valence-electron chi connectivity index (χ0n) is 11.4. The van der Waals surface area contributed by atoms with Gasteiger partial charge in [0.1, 0.15) is 6.10 Å². The maximum absolute atomic E-state index is 11.8. The molecule has 0 N–H and O–H groups in total. The van der Waals surface area contributed by atoms with Gasteiger partial charge in [-0.15, -0.1) is 0 Å². The van der Waals surface area contributed by atoms with Crippen molar-refractivity contribution in [3.05, 3.63) is 59.2 Å². The highest BCUT2D eigenvalue weighted by atomic mass is 16.5. The number of aryl methyl sites for hydroxylation is 1. The number of Topliss-reactive ketones (excluding diaryl/α,β-unsaturated/α-hetero) is 1. The van der Waals surface area contributed by atoms with E-state index in [1.807, 2.05) is 30.3 Å². The van der Waals surface area contributed by atoms with Crippen molar-refractivity contribution >= 4 is 5.78 Å². The zero-order valence-corrected chi connectivity index (χ0v) is 11.4. The second-order valence-corrected chi connectivity index (χ2v) is 4.89. The average molecular weight is 268 g/mol. The molecule has 0 bridgehead atoms. The van der Waals surface area contributed by atoms with Gasteiger partial charge in [-0.05, 0) is 18.4 Å². The van der Waals surface area contributed by atoms with Crippen LogP contribution in [0, 0.1) is 0 Å². The molecule has 4 heteroatoms. The molecule has 1 aliphatic rings. The molecule has 0 saturated carbocycles. The van der Waals surface area contributed by atoms with E-state index in [4.69, 9.17) is 4.74 Å². The molecule has 20 heavy (non-hydrogen) atoms. The molecule has 102 valence electrons. The number of ether oxygens (including phenoxy) is 1. The molecule has 1 unspecified atom stereocenters. The Kier molecular flexibility index (Phi) is 3.56. The summed E-state index contributed by atoms with van der Waals surface area (Å²) >= 11 is 0. The van der Waals surface area contributed by atoms with Crippen LogP contribution in [-0.4, -0.2) is 22.9 Å². The first-order valence-corrected chi connectivity index (χ1v) is 6.76. The molecule has 1 heterocycles. The molecule has 0 fully saturated rings. The minimum atomic E-state index is -0.293. The summed E-state index contributed by atoms with van der Waals surface area (Å²) in [6.45, 7) is 0. The van der Waals surface area contributed by atoms with Crippen molar-refractivity contribution in [1.29, 1.82) is 0 Å². The van der Waals surface area contributed by atoms with Gasteiger partial charge < -0.3 is 4.74 Å². The molecule has 4 nitrogen and oxygen atoms in total. The second kappa shape index (κ2) is 5.51. The van der Waals surface area contributed by atoms with Crippen LogP contribution in [-0.2, 0) is 11.2 Å². The van der Waals surface area contributed by atoms with Crippen LogP contribution in [0.15, 0.2) is 36.5 Å². The van der Waals surface area contributed by atoms with Crippen LogP contribution in [0.5, 0.6) is 0 Å². The number of benzene rings is 1.